The molecular formula is C22H22F3N. The van der Waals surface area contributed by atoms with Crippen LogP contribution in [0.3, 0.4) is 0 Å². The SMILES string of the molecule is [2H]c1c([2H])c(CCCN[C@]([2H])(c2c([2H])c([2H])c([2H])c3c([2H])c([2H])c([2H])c([2H])c23)C([2H])([2H])[2H])c([2H])c(C(F)(F)F)c1[2H]. The Kier molecular flexibility index (Phi) is 2.24. The van der Waals surface area contributed by atoms with Crippen LogP contribution in [-0.4, -0.2) is 6.54 Å². The van der Waals surface area contributed by atoms with Gasteiger partial charge in [0.1, 0.15) is 0 Å². The van der Waals surface area contributed by atoms with Gasteiger partial charge in [-0.3, -0.25) is 0 Å². The lowest BCUT2D eigenvalue weighted by molar-refractivity contribution is -0.137. The van der Waals surface area contributed by atoms with Crippen molar-refractivity contribution < 1.29 is 33.7 Å². The maximum absolute atomic E-state index is 13.4. The van der Waals surface area contributed by atoms with Crippen molar-refractivity contribution in [2.75, 3.05) is 6.54 Å². The Labute approximate surface area is 172 Å². The molecule has 0 bridgehead atoms. The van der Waals surface area contributed by atoms with Crippen molar-refractivity contribution in [2.45, 2.75) is 31.9 Å². The standard InChI is InChI=1S/C22H22F3N/c1-16(20-13-5-10-18-9-2-3-12-21(18)20)26-14-6-8-17-7-4-11-19(15-17)22(23,24)25/h2-5,7,9-13,15-16,26H,6,8,14H2,1H3/t16-/m0/s1/i1D3,2D,3D,4D,5D,7D,9D,10D,11D,12D,13D,15D,16D. The molecule has 0 aliphatic carbocycles. The number of nitrogens with one attached hydrogen (secondary N) is 1. The van der Waals surface area contributed by atoms with Gasteiger partial charge in [0.15, 0.2) is 0 Å². The topological polar surface area (TPSA) is 12.0 Å². The predicted molar refractivity (Wildman–Crippen MR) is 100 cm³/mol. The van der Waals surface area contributed by atoms with Crippen LogP contribution in [0, 0.1) is 0 Å². The summed E-state index contributed by atoms with van der Waals surface area (Å²) in [7, 11) is 0. The highest BCUT2D eigenvalue weighted by Crippen LogP contribution is 2.29. The third-order valence-electron chi connectivity index (χ3n) is 3.43. The average Bonchev–Trinajstić information content (AvgIpc) is 2.85. The predicted octanol–water partition coefficient (Wildman–Crippen LogP) is 6.14. The molecule has 0 saturated carbocycles. The van der Waals surface area contributed by atoms with Gasteiger partial charge in [-0.15, -0.1) is 0 Å². The molecule has 0 saturated heterocycles. The minimum absolute atomic E-state index is 0.296. The van der Waals surface area contributed by atoms with E-state index in [0.717, 1.165) is 0 Å². The molecule has 1 nitrogen and oxygen atoms in total. The van der Waals surface area contributed by atoms with Crippen LogP contribution in [0.25, 0.3) is 10.8 Å². The lowest BCUT2D eigenvalue weighted by Gasteiger charge is -2.17. The van der Waals surface area contributed by atoms with E-state index in [1.165, 1.54) is 0 Å². The monoisotopic (exact) mass is 372 g/mol. The first-order valence-corrected chi connectivity index (χ1v) is 7.52. The van der Waals surface area contributed by atoms with E-state index >= 15 is 0 Å². The van der Waals surface area contributed by atoms with E-state index in [0.29, 0.717) is 0 Å². The summed E-state index contributed by atoms with van der Waals surface area (Å²) in [5, 5.41) is 1.16. The molecule has 0 fully saturated rings. The Balaban J connectivity index is 2.13. The lowest BCUT2D eigenvalue weighted by atomic mass is 9.99. The second-order valence-electron chi connectivity index (χ2n) is 5.26. The number of rotatable bonds is 6. The molecule has 0 aromatic heterocycles. The summed E-state index contributed by atoms with van der Waals surface area (Å²) < 4.78 is 161. The fourth-order valence-electron chi connectivity index (χ4n) is 2.22. The van der Waals surface area contributed by atoms with Crippen LogP contribution in [0.15, 0.2) is 66.5 Å². The zero-order valence-electron chi connectivity index (χ0n) is 28.3. The van der Waals surface area contributed by atoms with Gasteiger partial charge in [-0.2, -0.15) is 13.2 Å². The zero-order chi connectivity index (χ0) is 31.6. The molecule has 0 aliphatic heterocycles. The third-order valence-corrected chi connectivity index (χ3v) is 3.43. The summed E-state index contributed by atoms with van der Waals surface area (Å²) >= 11 is 0. The smallest absolute Gasteiger partial charge is 0.310 e. The first-order chi connectivity index (χ1) is 18.6. The molecule has 0 aliphatic rings. The fourth-order valence-corrected chi connectivity index (χ4v) is 2.22. The summed E-state index contributed by atoms with van der Waals surface area (Å²) in [6.45, 7) is -3.85. The van der Waals surface area contributed by atoms with Crippen LogP contribution in [0.4, 0.5) is 13.2 Å². The van der Waals surface area contributed by atoms with Gasteiger partial charge >= 0.3 is 6.18 Å². The summed E-state index contributed by atoms with van der Waals surface area (Å²) in [6, 6.07) is -13.2. The van der Waals surface area contributed by atoms with E-state index < -0.39 is 126 Å². The lowest BCUT2D eigenvalue weighted by Crippen LogP contribution is -2.20. The molecule has 0 radical (unpaired) electrons. The maximum atomic E-state index is 13.4. The van der Waals surface area contributed by atoms with Gasteiger partial charge in [-0.05, 0) is 54.2 Å². The van der Waals surface area contributed by atoms with Gasteiger partial charge in [0.2, 0.25) is 0 Å². The Morgan fingerprint density at radius 3 is 2.65 bits per heavy atom. The van der Waals surface area contributed by atoms with E-state index in [-0.39, 0.29) is 6.42 Å². The Bertz CT molecular complexity index is 1540. The fraction of sp³-hybridized carbons (Fsp3) is 0.273. The second kappa shape index (κ2) is 7.92. The normalized spacial score (nSPS) is 23.0. The highest BCUT2D eigenvalue weighted by Gasteiger charge is 2.30. The van der Waals surface area contributed by atoms with E-state index in [1.54, 1.807) is 0 Å². The zero-order valence-corrected chi connectivity index (χ0v) is 13.3. The van der Waals surface area contributed by atoms with Gasteiger partial charge in [0.25, 0.3) is 0 Å². The number of hydrogen-bond donors (Lipinski definition) is 1. The van der Waals surface area contributed by atoms with Crippen molar-refractivity contribution in [1.82, 2.24) is 5.32 Å². The largest absolute Gasteiger partial charge is 0.416 e. The summed E-state index contributed by atoms with van der Waals surface area (Å²) in [4.78, 5) is 0. The molecule has 0 heterocycles. The molecule has 4 heteroatoms. The molecule has 26 heavy (non-hydrogen) atoms. The molecule has 1 atom stereocenters. The van der Waals surface area contributed by atoms with Gasteiger partial charge < -0.3 is 5.32 Å². The van der Waals surface area contributed by atoms with Crippen molar-refractivity contribution >= 4 is 10.8 Å². The van der Waals surface area contributed by atoms with Gasteiger partial charge in [-0.25, -0.2) is 0 Å². The van der Waals surface area contributed by atoms with Gasteiger partial charge in [-0.1, -0.05) is 60.4 Å². The number of fused-ring (bicyclic) bond motifs is 1. The van der Waals surface area contributed by atoms with Crippen LogP contribution in [-0.2, 0) is 12.6 Å². The van der Waals surface area contributed by atoms with Crippen LogP contribution < -0.4 is 5.32 Å². The van der Waals surface area contributed by atoms with Gasteiger partial charge in [0.05, 0.1) is 22.0 Å². The Morgan fingerprint density at radius 1 is 1.08 bits per heavy atom. The van der Waals surface area contributed by atoms with Crippen molar-refractivity contribution in [3.05, 3.63) is 83.2 Å². The Hall–Kier alpha value is -2.33. The molecule has 0 unspecified atom stereocenters. The molecular weight excluding hydrogens is 335 g/mol. The highest BCUT2D eigenvalue weighted by atomic mass is 19.4. The second-order valence-corrected chi connectivity index (χ2v) is 5.26. The first-order valence-electron chi connectivity index (χ1n) is 15.0. The molecule has 0 spiro atoms. The maximum Gasteiger partial charge on any atom is 0.416 e. The average molecular weight is 373 g/mol. The Morgan fingerprint density at radius 2 is 1.85 bits per heavy atom. The molecule has 3 aromatic carbocycles. The van der Waals surface area contributed by atoms with E-state index in [4.69, 9.17) is 20.6 Å². The van der Waals surface area contributed by atoms with Crippen LogP contribution in [0.5, 0.6) is 0 Å². The van der Waals surface area contributed by atoms with E-state index in [2.05, 4.69) is 5.32 Å². The molecule has 3 rings (SSSR count). The van der Waals surface area contributed by atoms with E-state index in [1.807, 2.05) is 0 Å². The number of hydrogen-bond acceptors (Lipinski definition) is 1. The van der Waals surface area contributed by atoms with Crippen LogP contribution in [0.1, 0.15) is 56.5 Å². The number of benzene rings is 3. The van der Waals surface area contributed by atoms with Crippen LogP contribution in [0.2, 0.25) is 0 Å². The molecule has 3 aromatic rings. The quantitative estimate of drug-likeness (QED) is 0.512. The third kappa shape index (κ3) is 4.44. The van der Waals surface area contributed by atoms with E-state index in [9.17, 15) is 13.2 Å². The van der Waals surface area contributed by atoms with Crippen molar-refractivity contribution in [2.24, 2.45) is 0 Å². The molecule has 1 N–H and O–H groups in total. The molecule has 0 amide bonds. The number of halogens is 3. The van der Waals surface area contributed by atoms with Crippen molar-refractivity contribution in [3.8, 4) is 0 Å². The minimum atomic E-state index is -5.15. The van der Waals surface area contributed by atoms with Gasteiger partial charge in [0, 0.05) is 10.1 Å². The minimum Gasteiger partial charge on any atom is -0.310 e. The summed E-state index contributed by atoms with van der Waals surface area (Å²) in [6.07, 6.45) is -5.91. The highest BCUT2D eigenvalue weighted by molar-refractivity contribution is 5.86. The van der Waals surface area contributed by atoms with Crippen molar-refractivity contribution in [3.63, 3.8) is 0 Å². The first kappa shape index (κ1) is 7.35. The summed E-state index contributed by atoms with van der Waals surface area (Å²) in [5.41, 5.74) is -3.05. The van der Waals surface area contributed by atoms with Crippen molar-refractivity contribution in [1.29, 1.82) is 0 Å². The van der Waals surface area contributed by atoms with Crippen LogP contribution >= 0.6 is 0 Å². The number of alkyl halides is 3. The summed E-state index contributed by atoms with van der Waals surface area (Å²) in [5.74, 6) is 0. The molecule has 136 valence electrons.